The molecule has 0 saturated heterocycles. The zero-order valence-corrected chi connectivity index (χ0v) is 21.5. The minimum absolute atomic E-state index is 0.0899. The number of ether oxygens (including phenoxy) is 2. The van der Waals surface area contributed by atoms with Crippen LogP contribution >= 0.6 is 0 Å². The smallest absolute Gasteiger partial charge is 0.311 e. The number of carbonyl (C=O) groups is 4. The summed E-state index contributed by atoms with van der Waals surface area (Å²) in [5.74, 6) is -1.75. The number of nitrogens with one attached hydrogen (secondary N) is 3. The first-order valence-electron chi connectivity index (χ1n) is 12.3. The van der Waals surface area contributed by atoms with Gasteiger partial charge in [-0.05, 0) is 48.4 Å². The zero-order chi connectivity index (χ0) is 27.9. The van der Waals surface area contributed by atoms with E-state index in [0.29, 0.717) is 22.6 Å². The molecule has 0 aliphatic carbocycles. The lowest BCUT2D eigenvalue weighted by Gasteiger charge is -2.33. The van der Waals surface area contributed by atoms with Gasteiger partial charge in [0.05, 0.1) is 20.0 Å². The first kappa shape index (κ1) is 27.2. The highest BCUT2D eigenvalue weighted by Gasteiger charge is 2.40. The maximum absolute atomic E-state index is 13.1. The van der Waals surface area contributed by atoms with Crippen molar-refractivity contribution in [3.8, 4) is 11.5 Å². The standard InChI is InChI=1S/C29H29N3O7/c1-17(30-24(34)14-18-6-4-3-5-7-18)28(36)32-26-22-16-20(33)10-13-23(22)31-29(37)27(26)39-25(35)15-19-8-11-21(38-2)12-9-19/h3-13,16-17,26-27,33H,14-15H2,1-2H3,(H,30,34)(H,31,37)(H,32,36)/t17-,26-,27+/m0/s1. The van der Waals surface area contributed by atoms with Crippen LogP contribution in [0.2, 0.25) is 0 Å². The number of phenolic OH excluding ortho intramolecular Hbond substituents is 1. The maximum Gasteiger partial charge on any atom is 0.311 e. The van der Waals surface area contributed by atoms with Crippen LogP contribution < -0.4 is 20.7 Å². The van der Waals surface area contributed by atoms with Gasteiger partial charge in [-0.25, -0.2) is 0 Å². The van der Waals surface area contributed by atoms with Crippen LogP contribution in [-0.4, -0.2) is 48.1 Å². The van der Waals surface area contributed by atoms with Crippen LogP contribution in [0.15, 0.2) is 72.8 Å². The number of amides is 3. The molecule has 1 heterocycles. The number of fused-ring (bicyclic) bond motifs is 1. The summed E-state index contributed by atoms with van der Waals surface area (Å²) in [6.07, 6.45) is -1.44. The number of carbonyl (C=O) groups excluding carboxylic acids is 4. The van der Waals surface area contributed by atoms with Crippen LogP contribution in [0.1, 0.15) is 29.7 Å². The monoisotopic (exact) mass is 531 g/mol. The lowest BCUT2D eigenvalue weighted by molar-refractivity contribution is -0.156. The van der Waals surface area contributed by atoms with Gasteiger partial charge < -0.3 is 30.5 Å². The van der Waals surface area contributed by atoms with Crippen LogP contribution in [0.3, 0.4) is 0 Å². The van der Waals surface area contributed by atoms with E-state index < -0.39 is 36.0 Å². The predicted octanol–water partition coefficient (Wildman–Crippen LogP) is 2.41. The fourth-order valence-corrected chi connectivity index (χ4v) is 4.23. The molecule has 0 saturated carbocycles. The fourth-order valence-electron chi connectivity index (χ4n) is 4.23. The number of esters is 1. The normalized spacial score (nSPS) is 16.7. The highest BCUT2D eigenvalue weighted by molar-refractivity contribution is 6.00. The molecule has 39 heavy (non-hydrogen) atoms. The molecule has 0 radical (unpaired) electrons. The molecule has 3 aromatic carbocycles. The van der Waals surface area contributed by atoms with E-state index in [1.54, 1.807) is 36.4 Å². The Labute approximate surface area is 225 Å². The molecule has 3 atom stereocenters. The second-order valence-electron chi connectivity index (χ2n) is 9.13. The van der Waals surface area contributed by atoms with E-state index in [2.05, 4.69) is 16.0 Å². The van der Waals surface area contributed by atoms with Gasteiger partial charge in [-0.2, -0.15) is 0 Å². The van der Waals surface area contributed by atoms with E-state index in [4.69, 9.17) is 9.47 Å². The quantitative estimate of drug-likeness (QED) is 0.245. The SMILES string of the molecule is COc1ccc(CC(=O)O[C@H]2C(=O)Nc3ccc(O)cc3[C@@H]2NC(=O)[C@H](C)NC(=O)Cc2ccccc2)cc1. The number of benzene rings is 3. The molecule has 3 amide bonds. The Morgan fingerprint density at radius 2 is 1.67 bits per heavy atom. The average Bonchev–Trinajstić information content (AvgIpc) is 2.91. The van der Waals surface area contributed by atoms with E-state index >= 15 is 0 Å². The summed E-state index contributed by atoms with van der Waals surface area (Å²) in [6, 6.07) is 18.1. The van der Waals surface area contributed by atoms with Crippen molar-refractivity contribution in [1.29, 1.82) is 0 Å². The summed E-state index contributed by atoms with van der Waals surface area (Å²) in [4.78, 5) is 51.3. The van der Waals surface area contributed by atoms with E-state index in [1.165, 1.54) is 32.2 Å². The van der Waals surface area contributed by atoms with Gasteiger partial charge in [0.2, 0.25) is 17.9 Å². The minimum Gasteiger partial charge on any atom is -0.508 e. The highest BCUT2D eigenvalue weighted by Crippen LogP contribution is 2.35. The highest BCUT2D eigenvalue weighted by atomic mass is 16.5. The topological polar surface area (TPSA) is 143 Å². The lowest BCUT2D eigenvalue weighted by Crippen LogP contribution is -2.52. The third-order valence-electron chi connectivity index (χ3n) is 6.23. The number of anilines is 1. The van der Waals surface area contributed by atoms with E-state index in [0.717, 1.165) is 5.56 Å². The van der Waals surface area contributed by atoms with E-state index in [-0.39, 0.29) is 24.5 Å². The molecule has 0 fully saturated rings. The number of hydrogen-bond acceptors (Lipinski definition) is 7. The Balaban J connectivity index is 1.49. The molecule has 0 spiro atoms. The molecule has 202 valence electrons. The third kappa shape index (κ3) is 6.92. The van der Waals surface area contributed by atoms with Gasteiger partial charge in [-0.15, -0.1) is 0 Å². The molecule has 0 aromatic heterocycles. The van der Waals surface area contributed by atoms with Gasteiger partial charge in [0.25, 0.3) is 5.91 Å². The number of methoxy groups -OCH3 is 1. The van der Waals surface area contributed by atoms with Crippen molar-refractivity contribution < 1.29 is 33.8 Å². The van der Waals surface area contributed by atoms with E-state index in [1.807, 2.05) is 18.2 Å². The summed E-state index contributed by atoms with van der Waals surface area (Å²) in [5, 5.41) is 18.1. The minimum atomic E-state index is -1.42. The van der Waals surface area contributed by atoms with Crippen molar-refractivity contribution in [2.75, 3.05) is 12.4 Å². The third-order valence-corrected chi connectivity index (χ3v) is 6.23. The van der Waals surface area contributed by atoms with Crippen molar-refractivity contribution in [1.82, 2.24) is 10.6 Å². The molecule has 3 aromatic rings. The van der Waals surface area contributed by atoms with Gasteiger partial charge >= 0.3 is 5.97 Å². The number of aromatic hydroxyl groups is 1. The van der Waals surface area contributed by atoms with Crippen molar-refractivity contribution in [2.45, 2.75) is 38.0 Å². The van der Waals surface area contributed by atoms with Gasteiger partial charge in [0, 0.05) is 11.3 Å². The van der Waals surface area contributed by atoms with Crippen LogP contribution in [0.4, 0.5) is 5.69 Å². The molecule has 0 bridgehead atoms. The fraction of sp³-hybridized carbons (Fsp3) is 0.241. The van der Waals surface area contributed by atoms with Gasteiger partial charge in [0.1, 0.15) is 23.6 Å². The van der Waals surface area contributed by atoms with Gasteiger partial charge in [0.15, 0.2) is 0 Å². The van der Waals surface area contributed by atoms with Crippen molar-refractivity contribution in [3.05, 3.63) is 89.5 Å². The Morgan fingerprint density at radius 1 is 0.974 bits per heavy atom. The summed E-state index contributed by atoms with van der Waals surface area (Å²) < 4.78 is 10.7. The van der Waals surface area contributed by atoms with Crippen LogP contribution in [0.25, 0.3) is 0 Å². The van der Waals surface area contributed by atoms with Crippen molar-refractivity contribution in [3.63, 3.8) is 0 Å². The predicted molar refractivity (Wildman–Crippen MR) is 142 cm³/mol. The van der Waals surface area contributed by atoms with E-state index in [9.17, 15) is 24.3 Å². The molecule has 4 N–H and O–H groups in total. The van der Waals surface area contributed by atoms with Crippen molar-refractivity contribution in [2.24, 2.45) is 0 Å². The molecule has 1 aliphatic heterocycles. The van der Waals surface area contributed by atoms with Crippen molar-refractivity contribution >= 4 is 29.4 Å². The summed E-state index contributed by atoms with van der Waals surface area (Å²) >= 11 is 0. The number of hydrogen-bond donors (Lipinski definition) is 4. The maximum atomic E-state index is 13.1. The first-order valence-corrected chi connectivity index (χ1v) is 12.3. The first-order chi connectivity index (χ1) is 18.7. The van der Waals surface area contributed by atoms with Crippen LogP contribution in [-0.2, 0) is 36.8 Å². The molecular formula is C29H29N3O7. The Bertz CT molecular complexity index is 1360. The molecular weight excluding hydrogens is 502 g/mol. The molecule has 10 nitrogen and oxygen atoms in total. The Morgan fingerprint density at radius 3 is 2.36 bits per heavy atom. The second-order valence-corrected chi connectivity index (χ2v) is 9.13. The second kappa shape index (κ2) is 12.1. The zero-order valence-electron chi connectivity index (χ0n) is 21.5. The van der Waals surface area contributed by atoms with Crippen LogP contribution in [0.5, 0.6) is 11.5 Å². The van der Waals surface area contributed by atoms with Crippen LogP contribution in [0, 0.1) is 0 Å². The van der Waals surface area contributed by atoms with Gasteiger partial charge in [-0.3, -0.25) is 19.2 Å². The lowest BCUT2D eigenvalue weighted by atomic mass is 9.94. The molecule has 10 heteroatoms. The average molecular weight is 532 g/mol. The molecule has 4 rings (SSSR count). The largest absolute Gasteiger partial charge is 0.508 e. The Hall–Kier alpha value is -4.86. The summed E-state index contributed by atoms with van der Waals surface area (Å²) in [5.41, 5.74) is 2.14. The summed E-state index contributed by atoms with van der Waals surface area (Å²) in [7, 11) is 1.53. The Kier molecular flexibility index (Phi) is 8.45. The number of phenols is 1. The van der Waals surface area contributed by atoms with Gasteiger partial charge in [-0.1, -0.05) is 42.5 Å². The number of rotatable bonds is 9. The molecule has 1 aliphatic rings. The molecule has 0 unspecified atom stereocenters. The summed E-state index contributed by atoms with van der Waals surface area (Å²) in [6.45, 7) is 1.51.